The van der Waals surface area contributed by atoms with Gasteiger partial charge in [0.2, 0.25) is 6.79 Å². The Bertz CT molecular complexity index is 1030. The molecule has 7 nitrogen and oxygen atoms in total. The van der Waals surface area contributed by atoms with Crippen molar-refractivity contribution in [3.8, 4) is 28.6 Å². The second-order valence-corrected chi connectivity index (χ2v) is 7.56. The molecule has 2 aliphatic rings. The van der Waals surface area contributed by atoms with Crippen LogP contribution in [0.4, 0.5) is 0 Å². The van der Waals surface area contributed by atoms with Crippen LogP contribution in [0.2, 0.25) is 0 Å². The van der Waals surface area contributed by atoms with Crippen molar-refractivity contribution in [2.45, 2.75) is 37.8 Å². The number of rotatable bonds is 5. The Morgan fingerprint density at radius 2 is 1.90 bits per heavy atom. The summed E-state index contributed by atoms with van der Waals surface area (Å²) >= 11 is 0. The molecule has 0 atom stereocenters. The van der Waals surface area contributed by atoms with Gasteiger partial charge in [0.05, 0.1) is 11.7 Å². The van der Waals surface area contributed by atoms with Crippen LogP contribution in [-0.2, 0) is 0 Å². The molecule has 1 aliphatic heterocycles. The number of aromatic nitrogens is 2. The van der Waals surface area contributed by atoms with Crippen LogP contribution < -0.4 is 19.5 Å². The zero-order valence-electron chi connectivity index (χ0n) is 16.5. The van der Waals surface area contributed by atoms with Crippen LogP contribution in [0.3, 0.4) is 0 Å². The van der Waals surface area contributed by atoms with E-state index in [0.29, 0.717) is 11.4 Å². The maximum absolute atomic E-state index is 12.9. The Morgan fingerprint density at radius 1 is 1.07 bits per heavy atom. The van der Waals surface area contributed by atoms with E-state index in [1.165, 1.54) is 0 Å². The zero-order valence-corrected chi connectivity index (χ0v) is 16.5. The lowest BCUT2D eigenvalue weighted by Gasteiger charge is -2.29. The van der Waals surface area contributed by atoms with E-state index in [1.807, 2.05) is 42.5 Å². The molecule has 1 saturated carbocycles. The third-order valence-electron chi connectivity index (χ3n) is 5.58. The fourth-order valence-corrected chi connectivity index (χ4v) is 4.03. The molecule has 154 valence electrons. The molecule has 0 spiro atoms. The van der Waals surface area contributed by atoms with Crippen LogP contribution in [0, 0.1) is 0 Å². The van der Waals surface area contributed by atoms with Crippen LogP contribution in [-0.4, -0.2) is 34.8 Å². The number of carbonyl (C=O) groups excluding carboxylic acids is 1. The molecule has 0 unspecified atom stereocenters. The molecule has 0 saturated heterocycles. The van der Waals surface area contributed by atoms with E-state index in [1.54, 1.807) is 12.4 Å². The normalized spacial score (nSPS) is 20.0. The minimum absolute atomic E-state index is 0.0675. The number of nitrogens with zero attached hydrogens (tertiary/aromatic N) is 1. The third kappa shape index (κ3) is 3.83. The SMILES string of the molecule is O=C(NC1CCC(Oc2ccc3c(c2)OCO3)CC1)c1ccccc1-c1ncc[nH]1. The van der Waals surface area contributed by atoms with Gasteiger partial charge in [0, 0.05) is 30.1 Å². The van der Waals surface area contributed by atoms with E-state index in [0.717, 1.165) is 48.5 Å². The second-order valence-electron chi connectivity index (χ2n) is 7.56. The van der Waals surface area contributed by atoms with Crippen molar-refractivity contribution in [3.63, 3.8) is 0 Å². The molecule has 30 heavy (non-hydrogen) atoms. The highest BCUT2D eigenvalue weighted by Gasteiger charge is 2.25. The highest BCUT2D eigenvalue weighted by molar-refractivity contribution is 6.00. The van der Waals surface area contributed by atoms with Crippen molar-refractivity contribution in [2.75, 3.05) is 6.79 Å². The predicted octanol–water partition coefficient (Wildman–Crippen LogP) is 3.93. The summed E-state index contributed by atoms with van der Waals surface area (Å²) in [7, 11) is 0. The Balaban J connectivity index is 1.17. The first-order valence-corrected chi connectivity index (χ1v) is 10.2. The van der Waals surface area contributed by atoms with Gasteiger partial charge in [-0.3, -0.25) is 4.79 Å². The Labute approximate surface area is 174 Å². The first kappa shape index (κ1) is 18.5. The number of amides is 1. The van der Waals surface area contributed by atoms with Gasteiger partial charge in [0.15, 0.2) is 11.5 Å². The van der Waals surface area contributed by atoms with Gasteiger partial charge >= 0.3 is 0 Å². The van der Waals surface area contributed by atoms with E-state index in [9.17, 15) is 4.79 Å². The van der Waals surface area contributed by atoms with Crippen molar-refractivity contribution >= 4 is 5.91 Å². The fourth-order valence-electron chi connectivity index (χ4n) is 4.03. The number of H-pyrrole nitrogens is 1. The molecule has 1 fully saturated rings. The Hall–Kier alpha value is -3.48. The van der Waals surface area contributed by atoms with Gasteiger partial charge in [-0.15, -0.1) is 0 Å². The minimum Gasteiger partial charge on any atom is -0.490 e. The molecule has 1 aromatic heterocycles. The summed E-state index contributed by atoms with van der Waals surface area (Å²) in [4.78, 5) is 20.3. The molecular weight excluding hydrogens is 382 g/mol. The maximum atomic E-state index is 12.9. The maximum Gasteiger partial charge on any atom is 0.252 e. The van der Waals surface area contributed by atoms with Gasteiger partial charge in [0.1, 0.15) is 11.6 Å². The lowest BCUT2D eigenvalue weighted by atomic mass is 9.92. The lowest BCUT2D eigenvalue weighted by molar-refractivity contribution is 0.0894. The van der Waals surface area contributed by atoms with Crippen LogP contribution in [0.25, 0.3) is 11.4 Å². The standard InChI is InChI=1S/C23H23N3O4/c27-23(19-4-2-1-3-18(19)22-24-11-12-25-22)26-15-5-7-16(8-6-15)30-17-9-10-20-21(13-17)29-14-28-20/h1-4,9-13,15-16H,5-8,14H2,(H,24,25)(H,26,27). The summed E-state index contributed by atoms with van der Waals surface area (Å²) in [6.45, 7) is 0.257. The average Bonchev–Trinajstić information content (AvgIpc) is 3.47. The lowest BCUT2D eigenvalue weighted by Crippen LogP contribution is -2.39. The van der Waals surface area contributed by atoms with Gasteiger partial charge in [-0.05, 0) is 43.9 Å². The topological polar surface area (TPSA) is 85.5 Å². The van der Waals surface area contributed by atoms with E-state index in [2.05, 4.69) is 15.3 Å². The van der Waals surface area contributed by atoms with Gasteiger partial charge in [-0.2, -0.15) is 0 Å². The summed E-state index contributed by atoms with van der Waals surface area (Å²) in [5.41, 5.74) is 1.44. The fraction of sp³-hybridized carbons (Fsp3) is 0.304. The predicted molar refractivity (Wildman–Crippen MR) is 111 cm³/mol. The molecule has 2 aromatic carbocycles. The highest BCUT2D eigenvalue weighted by atomic mass is 16.7. The van der Waals surface area contributed by atoms with E-state index >= 15 is 0 Å². The second kappa shape index (κ2) is 8.10. The van der Waals surface area contributed by atoms with Crippen LogP contribution in [0.5, 0.6) is 17.2 Å². The van der Waals surface area contributed by atoms with Crippen molar-refractivity contribution in [3.05, 3.63) is 60.4 Å². The largest absolute Gasteiger partial charge is 0.490 e. The summed E-state index contributed by atoms with van der Waals surface area (Å²) in [5.74, 6) is 2.90. The van der Waals surface area contributed by atoms with Gasteiger partial charge in [0.25, 0.3) is 5.91 Å². The van der Waals surface area contributed by atoms with E-state index in [-0.39, 0.29) is 24.8 Å². The number of hydrogen-bond donors (Lipinski definition) is 2. The van der Waals surface area contributed by atoms with Crippen molar-refractivity contribution in [2.24, 2.45) is 0 Å². The first-order chi connectivity index (χ1) is 14.8. The number of imidazole rings is 1. The van der Waals surface area contributed by atoms with Crippen LogP contribution in [0.15, 0.2) is 54.9 Å². The molecule has 2 N–H and O–H groups in total. The van der Waals surface area contributed by atoms with Crippen molar-refractivity contribution in [1.29, 1.82) is 0 Å². The number of nitrogens with one attached hydrogen (secondary N) is 2. The molecule has 1 aliphatic carbocycles. The highest BCUT2D eigenvalue weighted by Crippen LogP contribution is 2.36. The summed E-state index contributed by atoms with van der Waals surface area (Å²) in [5, 5.41) is 3.18. The molecule has 0 radical (unpaired) electrons. The smallest absolute Gasteiger partial charge is 0.252 e. The molecule has 2 heterocycles. The van der Waals surface area contributed by atoms with Crippen LogP contribution >= 0.6 is 0 Å². The number of carbonyl (C=O) groups is 1. The summed E-state index contributed by atoms with van der Waals surface area (Å²) in [6, 6.07) is 13.3. The Morgan fingerprint density at radius 3 is 2.73 bits per heavy atom. The van der Waals surface area contributed by atoms with Gasteiger partial charge < -0.3 is 24.5 Å². The molecule has 3 aromatic rings. The van der Waals surface area contributed by atoms with Gasteiger partial charge in [-0.25, -0.2) is 4.98 Å². The quantitative estimate of drug-likeness (QED) is 0.672. The number of fused-ring (bicyclic) bond motifs is 1. The molecular formula is C23H23N3O4. The van der Waals surface area contributed by atoms with E-state index < -0.39 is 0 Å². The molecule has 7 heteroatoms. The monoisotopic (exact) mass is 405 g/mol. The van der Waals surface area contributed by atoms with Crippen molar-refractivity contribution in [1.82, 2.24) is 15.3 Å². The number of aromatic amines is 1. The molecule has 5 rings (SSSR count). The van der Waals surface area contributed by atoms with Crippen LogP contribution in [0.1, 0.15) is 36.0 Å². The van der Waals surface area contributed by atoms with Gasteiger partial charge in [-0.1, -0.05) is 18.2 Å². The zero-order chi connectivity index (χ0) is 20.3. The van der Waals surface area contributed by atoms with Crippen molar-refractivity contribution < 1.29 is 19.0 Å². The first-order valence-electron chi connectivity index (χ1n) is 10.2. The third-order valence-corrected chi connectivity index (χ3v) is 5.58. The van der Waals surface area contributed by atoms with E-state index in [4.69, 9.17) is 14.2 Å². The number of hydrogen-bond acceptors (Lipinski definition) is 5. The Kier molecular flexibility index (Phi) is 5.01. The average molecular weight is 405 g/mol. The molecule has 0 bridgehead atoms. The summed E-state index contributed by atoms with van der Waals surface area (Å²) in [6.07, 6.45) is 7.11. The number of benzene rings is 2. The number of ether oxygens (including phenoxy) is 3. The minimum atomic E-state index is -0.0675. The molecule has 1 amide bonds. The summed E-state index contributed by atoms with van der Waals surface area (Å²) < 4.78 is 16.9.